The maximum absolute atomic E-state index is 13.9. The van der Waals surface area contributed by atoms with Crippen molar-refractivity contribution in [2.45, 2.75) is 37.2 Å². The minimum Gasteiger partial charge on any atom is -0.438 e. The highest BCUT2D eigenvalue weighted by atomic mass is 19.4. The van der Waals surface area contributed by atoms with E-state index in [2.05, 4.69) is 15.3 Å². The van der Waals surface area contributed by atoms with Gasteiger partial charge >= 0.3 is 18.3 Å². The molecule has 2 aromatic heterocycles. The molecule has 3 heterocycles. The number of nitrogens with zero attached hydrogens (tertiary/aromatic N) is 3. The number of pyridine rings is 2. The second kappa shape index (κ2) is 7.39. The Morgan fingerprint density at radius 1 is 1.18 bits per heavy atom. The van der Waals surface area contributed by atoms with Crippen LogP contribution in [0.1, 0.15) is 35.6 Å². The molecule has 3 amide bonds. The predicted octanol–water partition coefficient (Wildman–Crippen LogP) is 4.72. The van der Waals surface area contributed by atoms with E-state index < -0.39 is 41.3 Å². The Bertz CT molecular complexity index is 1270. The number of rotatable bonds is 3. The van der Waals surface area contributed by atoms with Crippen molar-refractivity contribution >= 4 is 23.2 Å². The number of aromatic nitrogens is 2. The van der Waals surface area contributed by atoms with Gasteiger partial charge in [-0.3, -0.25) is 9.97 Å². The third kappa shape index (κ3) is 3.62. The number of cyclic esters (lactones) is 1. The molecule has 1 spiro atoms. The van der Waals surface area contributed by atoms with Crippen LogP contribution in [0.3, 0.4) is 0 Å². The summed E-state index contributed by atoms with van der Waals surface area (Å²) in [6.45, 7) is 0.0393. The lowest BCUT2D eigenvalue weighted by Gasteiger charge is -2.23. The van der Waals surface area contributed by atoms with Crippen LogP contribution in [0.25, 0.3) is 11.0 Å². The topological polar surface area (TPSA) is 84.4 Å². The number of carbonyl (C=O) groups is 2. The Morgan fingerprint density at radius 3 is 2.70 bits per heavy atom. The summed E-state index contributed by atoms with van der Waals surface area (Å²) in [6.07, 6.45) is -3.15. The summed E-state index contributed by atoms with van der Waals surface area (Å²) < 4.78 is 58.6. The fraction of sp³-hybridized carbons (Fsp3) is 0.273. The van der Waals surface area contributed by atoms with Crippen LogP contribution >= 0.6 is 0 Å². The van der Waals surface area contributed by atoms with E-state index in [1.165, 1.54) is 0 Å². The van der Waals surface area contributed by atoms with Gasteiger partial charge < -0.3 is 10.1 Å². The number of imide groups is 1. The van der Waals surface area contributed by atoms with Crippen LogP contribution in [0.4, 0.5) is 27.2 Å². The van der Waals surface area contributed by atoms with Crippen molar-refractivity contribution in [3.05, 3.63) is 71.3 Å². The Kier molecular flexibility index (Phi) is 4.73. The lowest BCUT2D eigenvalue weighted by atomic mass is 9.98. The van der Waals surface area contributed by atoms with E-state index in [9.17, 15) is 27.2 Å². The minimum atomic E-state index is -4.77. The summed E-state index contributed by atoms with van der Waals surface area (Å²) in [5.41, 5.74) is -0.603. The maximum Gasteiger partial charge on any atom is 0.419 e. The SMILES string of the molecule is O=C(NCc1ccnc2cccnc12)N1C(=O)O[C@H](c2cc(F)cc(C(F)(F)F)c2)C12CC2. The van der Waals surface area contributed by atoms with Crippen molar-refractivity contribution in [1.82, 2.24) is 20.2 Å². The molecular weight excluding hydrogens is 444 g/mol. The number of benzene rings is 1. The molecule has 1 aliphatic carbocycles. The molecule has 3 aromatic rings. The summed E-state index contributed by atoms with van der Waals surface area (Å²) >= 11 is 0. The van der Waals surface area contributed by atoms with Crippen LogP contribution in [0, 0.1) is 5.82 Å². The van der Waals surface area contributed by atoms with E-state index in [1.807, 2.05) is 0 Å². The number of halogens is 4. The van der Waals surface area contributed by atoms with Gasteiger partial charge in [0.1, 0.15) is 5.82 Å². The molecule has 7 nitrogen and oxygen atoms in total. The number of ether oxygens (including phenoxy) is 1. The second-order valence-corrected chi connectivity index (χ2v) is 7.97. The normalized spacial score (nSPS) is 19.1. The lowest BCUT2D eigenvalue weighted by Crippen LogP contribution is -2.46. The summed E-state index contributed by atoms with van der Waals surface area (Å²) in [6, 6.07) is 6.43. The van der Waals surface area contributed by atoms with Crippen molar-refractivity contribution in [2.75, 3.05) is 0 Å². The molecule has 170 valence electrons. The zero-order valence-corrected chi connectivity index (χ0v) is 16.9. The monoisotopic (exact) mass is 460 g/mol. The van der Waals surface area contributed by atoms with Crippen molar-refractivity contribution in [3.63, 3.8) is 0 Å². The average Bonchev–Trinajstić information content (AvgIpc) is 3.49. The second-order valence-electron chi connectivity index (χ2n) is 7.97. The molecular formula is C22H16F4N4O3. The standard InChI is InChI=1S/C22H16F4N4O3/c23-15-9-13(8-14(10-15)22(24,25)26)18-21(4-5-21)30(20(32)33-18)19(31)29-11-12-3-7-27-16-2-1-6-28-17(12)16/h1-3,6-10,18H,4-5,11H2,(H,29,31)/t18-/m1/s1. The number of urea groups is 1. The van der Waals surface area contributed by atoms with Gasteiger partial charge in [-0.1, -0.05) is 0 Å². The number of fused-ring (bicyclic) bond motifs is 1. The van der Waals surface area contributed by atoms with Crippen LogP contribution in [-0.4, -0.2) is 32.5 Å². The molecule has 33 heavy (non-hydrogen) atoms. The van der Waals surface area contributed by atoms with Crippen molar-refractivity contribution in [3.8, 4) is 0 Å². The fourth-order valence-corrected chi connectivity index (χ4v) is 4.19. The third-order valence-electron chi connectivity index (χ3n) is 5.86. The summed E-state index contributed by atoms with van der Waals surface area (Å²) in [5.74, 6) is -1.10. The van der Waals surface area contributed by atoms with E-state index in [0.29, 0.717) is 35.5 Å². The van der Waals surface area contributed by atoms with E-state index in [-0.39, 0.29) is 12.1 Å². The minimum absolute atomic E-state index is 0.0393. The molecule has 0 radical (unpaired) electrons. The fourth-order valence-electron chi connectivity index (χ4n) is 4.19. The van der Waals surface area contributed by atoms with Gasteiger partial charge in [0.2, 0.25) is 0 Å². The van der Waals surface area contributed by atoms with Gasteiger partial charge in [0.25, 0.3) is 0 Å². The molecule has 11 heteroatoms. The highest BCUT2D eigenvalue weighted by Crippen LogP contribution is 2.57. The molecule has 1 atom stereocenters. The zero-order chi connectivity index (χ0) is 23.4. The maximum atomic E-state index is 13.9. The predicted molar refractivity (Wildman–Crippen MR) is 106 cm³/mol. The molecule has 1 saturated carbocycles. The van der Waals surface area contributed by atoms with Crippen molar-refractivity contribution in [1.29, 1.82) is 0 Å². The van der Waals surface area contributed by atoms with Crippen LogP contribution in [0.15, 0.2) is 48.8 Å². The van der Waals surface area contributed by atoms with Crippen LogP contribution < -0.4 is 5.32 Å². The third-order valence-corrected chi connectivity index (χ3v) is 5.86. The van der Waals surface area contributed by atoms with Crippen LogP contribution in [0.2, 0.25) is 0 Å². The lowest BCUT2D eigenvalue weighted by molar-refractivity contribution is -0.137. The smallest absolute Gasteiger partial charge is 0.419 e. The van der Waals surface area contributed by atoms with E-state index in [0.717, 1.165) is 17.0 Å². The Labute approximate surface area is 184 Å². The summed E-state index contributed by atoms with van der Waals surface area (Å²) in [7, 11) is 0. The Balaban J connectivity index is 1.39. The molecule has 0 unspecified atom stereocenters. The van der Waals surface area contributed by atoms with Gasteiger partial charge in [-0.15, -0.1) is 0 Å². The van der Waals surface area contributed by atoms with Crippen LogP contribution in [0.5, 0.6) is 0 Å². The van der Waals surface area contributed by atoms with Crippen molar-refractivity contribution < 1.29 is 31.9 Å². The molecule has 2 aliphatic rings. The number of nitrogens with one attached hydrogen (secondary N) is 1. The highest BCUT2D eigenvalue weighted by Gasteiger charge is 2.66. The molecule has 1 N–H and O–H groups in total. The van der Waals surface area contributed by atoms with Gasteiger partial charge in [-0.05, 0) is 54.8 Å². The molecule has 5 rings (SSSR count). The molecule has 1 aromatic carbocycles. The number of carbonyl (C=O) groups excluding carboxylic acids is 2. The Hall–Kier alpha value is -3.76. The van der Waals surface area contributed by atoms with E-state index in [1.54, 1.807) is 30.6 Å². The number of hydrogen-bond donors (Lipinski definition) is 1. The number of alkyl halides is 3. The quantitative estimate of drug-likeness (QED) is 0.572. The number of hydrogen-bond acceptors (Lipinski definition) is 5. The van der Waals surface area contributed by atoms with Crippen molar-refractivity contribution in [2.24, 2.45) is 0 Å². The zero-order valence-electron chi connectivity index (χ0n) is 16.9. The Morgan fingerprint density at radius 2 is 1.97 bits per heavy atom. The first-order valence-electron chi connectivity index (χ1n) is 10.0. The average molecular weight is 460 g/mol. The first kappa shape index (κ1) is 21.1. The van der Waals surface area contributed by atoms with Gasteiger partial charge in [0.15, 0.2) is 6.10 Å². The summed E-state index contributed by atoms with van der Waals surface area (Å²) in [5, 5.41) is 2.64. The molecule has 0 bridgehead atoms. The van der Waals surface area contributed by atoms with E-state index >= 15 is 0 Å². The highest BCUT2D eigenvalue weighted by molar-refractivity contribution is 5.94. The van der Waals surface area contributed by atoms with Crippen LogP contribution in [-0.2, 0) is 17.5 Å². The largest absolute Gasteiger partial charge is 0.438 e. The molecule has 1 saturated heterocycles. The van der Waals surface area contributed by atoms with Gasteiger partial charge in [-0.25, -0.2) is 18.9 Å². The molecule has 1 aliphatic heterocycles. The van der Waals surface area contributed by atoms with Gasteiger partial charge in [0.05, 0.1) is 22.1 Å². The first-order valence-corrected chi connectivity index (χ1v) is 10.0. The molecule has 2 fully saturated rings. The summed E-state index contributed by atoms with van der Waals surface area (Å²) in [4.78, 5) is 34.8. The van der Waals surface area contributed by atoms with Gasteiger partial charge in [-0.2, -0.15) is 13.2 Å². The van der Waals surface area contributed by atoms with Gasteiger partial charge in [0, 0.05) is 24.5 Å². The van der Waals surface area contributed by atoms with E-state index in [4.69, 9.17) is 4.74 Å². The first-order chi connectivity index (χ1) is 15.7. The number of amides is 3.